The van der Waals surface area contributed by atoms with E-state index in [2.05, 4.69) is 106 Å². The molecule has 2 aliphatic heterocycles. The van der Waals surface area contributed by atoms with E-state index in [1.165, 1.54) is 0 Å². The van der Waals surface area contributed by atoms with Crippen LogP contribution in [-0.2, 0) is 21.1 Å². The molecule has 0 unspecified atom stereocenters. The zero-order chi connectivity index (χ0) is 31.9. The summed E-state index contributed by atoms with van der Waals surface area (Å²) in [6.45, 7) is 40.0. The molecule has 0 amide bonds. The van der Waals surface area contributed by atoms with E-state index in [0.717, 1.165) is 44.8 Å². The molecule has 3 aromatic rings. The van der Waals surface area contributed by atoms with Gasteiger partial charge in [0.2, 0.25) is 0 Å². The van der Waals surface area contributed by atoms with Gasteiger partial charge in [0.05, 0.1) is 22.8 Å². The van der Waals surface area contributed by atoms with Gasteiger partial charge in [-0.15, -0.1) is 12.4 Å². The molecule has 0 saturated carbocycles. The molecule has 0 aliphatic carbocycles. The van der Waals surface area contributed by atoms with E-state index < -0.39 is 0 Å². The number of nitrogens with one attached hydrogen (secondary N) is 2. The molecule has 4 nitrogen and oxygen atoms in total. The average molecular weight is 774 g/mol. The maximum Gasteiger partial charge on any atom is 0.0659 e. The molecule has 8 bridgehead atoms. The van der Waals surface area contributed by atoms with Crippen molar-refractivity contribution in [3.8, 4) is 0 Å². The van der Waals surface area contributed by atoms with Crippen LogP contribution >= 0.6 is 12.4 Å². The molecule has 0 atom stereocenters. The Labute approximate surface area is 280 Å². The van der Waals surface area contributed by atoms with Gasteiger partial charge in [0.1, 0.15) is 0 Å². The van der Waals surface area contributed by atoms with Crippen LogP contribution in [0.5, 0.6) is 0 Å². The number of rotatable bonds is 0. The Morgan fingerprint density at radius 3 is 0.857 bits per heavy atom. The van der Waals surface area contributed by atoms with E-state index in [1.54, 1.807) is 55.4 Å². The molecule has 2 aliphatic rings. The predicted octanol–water partition coefficient (Wildman–Crippen LogP) is 11.8. The second kappa shape index (κ2) is 38.6. The zero-order valence-corrected chi connectivity index (χ0v) is 30.3. The Bertz CT molecular complexity index is 1090. The van der Waals surface area contributed by atoms with Gasteiger partial charge in [-0.25, -0.2) is 9.97 Å². The summed E-state index contributed by atoms with van der Waals surface area (Å²) < 4.78 is 0. The average Bonchev–Trinajstić information content (AvgIpc) is 3.88. The van der Waals surface area contributed by atoms with E-state index in [-0.39, 0.29) is 33.5 Å². The maximum atomic E-state index is 4.62. The van der Waals surface area contributed by atoms with Gasteiger partial charge < -0.3 is 65.4 Å². The molecule has 3 aromatic heterocycles. The van der Waals surface area contributed by atoms with Crippen molar-refractivity contribution in [2.24, 2.45) is 0 Å². The fourth-order valence-electron chi connectivity index (χ4n) is 2.94. The minimum Gasteiger partial charge on any atom is -0.355 e. The summed E-state index contributed by atoms with van der Waals surface area (Å²) in [6.07, 6.45) is 8.05. The van der Waals surface area contributed by atoms with E-state index in [0.29, 0.717) is 0 Å². The summed E-state index contributed by atoms with van der Waals surface area (Å²) in [5.41, 5.74) is 7.86. The van der Waals surface area contributed by atoms with E-state index in [9.17, 15) is 0 Å². The smallest absolute Gasteiger partial charge is 0.0659 e. The van der Waals surface area contributed by atoms with Crippen LogP contribution in [0.15, 0.2) is 48.5 Å². The van der Waals surface area contributed by atoms with Crippen LogP contribution in [0.3, 0.4) is 0 Å². The maximum absolute atomic E-state index is 4.62. The van der Waals surface area contributed by atoms with Crippen LogP contribution in [0.4, 0.5) is 0 Å². The molecule has 2 N–H and O–H groups in total. The van der Waals surface area contributed by atoms with Gasteiger partial charge in [-0.05, 0) is 72.8 Å². The Hall–Kier alpha value is -2.42. The van der Waals surface area contributed by atoms with Gasteiger partial charge in [0.25, 0.3) is 0 Å². The molecule has 0 aromatic carbocycles. The Morgan fingerprint density at radius 2 is 0.595 bits per heavy atom. The van der Waals surface area contributed by atoms with Crippen molar-refractivity contribution in [1.82, 2.24) is 19.9 Å². The second-order valence-corrected chi connectivity index (χ2v) is 5.91. The number of hydrogen-bond acceptors (Lipinski definition) is 2. The number of aromatic nitrogens is 4. The van der Waals surface area contributed by atoms with Crippen molar-refractivity contribution in [3.05, 3.63) is 127 Å². The molecular weight excluding hydrogens is 719 g/mol. The summed E-state index contributed by atoms with van der Waals surface area (Å²) in [5, 5.41) is 0. The molecule has 6 heteroatoms. The third-order valence-corrected chi connectivity index (χ3v) is 4.04. The van der Waals surface area contributed by atoms with Crippen molar-refractivity contribution >= 4 is 58.8 Å². The number of hydrogen-bond donors (Lipinski definition) is 2. The fraction of sp³-hybridized carbons (Fsp3) is 0.222. The summed E-state index contributed by atoms with van der Waals surface area (Å²) in [7, 11) is 0. The van der Waals surface area contributed by atoms with Crippen LogP contribution in [0.1, 0.15) is 78.2 Å². The molecule has 244 valence electrons. The fourth-order valence-corrected chi connectivity index (χ4v) is 2.94. The van der Waals surface area contributed by atoms with Crippen LogP contribution < -0.4 is 0 Å². The van der Waals surface area contributed by atoms with Crippen LogP contribution in [0.25, 0.3) is 46.4 Å². The Balaban J connectivity index is -0.000000158. The topological polar surface area (TPSA) is 57.4 Å². The molecule has 0 spiro atoms. The first kappa shape index (κ1) is 52.2. The monoisotopic (exact) mass is 773 g/mol. The normalized spacial score (nSPS) is 8.38. The van der Waals surface area contributed by atoms with Crippen molar-refractivity contribution in [2.75, 3.05) is 0 Å². The minimum atomic E-state index is 0. The van der Waals surface area contributed by atoms with Gasteiger partial charge >= 0.3 is 0 Å². The van der Waals surface area contributed by atoms with Crippen LogP contribution in [-0.4, -0.2) is 19.9 Å². The van der Waals surface area contributed by atoms with E-state index in [1.807, 2.05) is 42.5 Å². The Morgan fingerprint density at radius 1 is 0.381 bits per heavy atom. The number of H-pyrrole nitrogens is 2. The first-order valence-electron chi connectivity index (χ1n) is 13.5. The predicted molar refractivity (Wildman–Crippen MR) is 194 cm³/mol. The molecule has 0 fully saturated rings. The quantitative estimate of drug-likeness (QED) is 0.154. The first-order chi connectivity index (χ1) is 19.8. The first-order valence-corrected chi connectivity index (χ1v) is 13.5. The standard InChI is InChI=1S/C20H14N4.8C2H5.ClH.Pt/c1-2-14-10-16-5-6-18(23-16)12-20-8-7-19(24-20)11-17-4-3-15(22-17)9-13(1)21-14;8*1-2;;/h1-12,21-22H;8*1H2,2H3;1H;/q;8*-1;;. The third kappa shape index (κ3) is 20.5. The van der Waals surface area contributed by atoms with Crippen molar-refractivity contribution in [3.63, 3.8) is 0 Å². The Kier molecular flexibility index (Phi) is 48.0. The number of aromatic amines is 2. The molecule has 42 heavy (non-hydrogen) atoms. The largest absolute Gasteiger partial charge is 0.355 e. The second-order valence-electron chi connectivity index (χ2n) is 5.91. The number of halogens is 1. The van der Waals surface area contributed by atoms with Crippen molar-refractivity contribution < 1.29 is 21.1 Å². The molecule has 0 radical (unpaired) electrons. The SMILES string of the molecule is C1=Cc2cc3ccc(cc4ccc(cc5nc(cc1n2)C=C5)[nH]4)[nH]3.Cl.[CH2-]C.[CH2-]C.[CH2-]C.[CH2-]C.[CH2-]C.[CH2-]C.[CH2-]C.[CH2-]C.[Pt]. The van der Waals surface area contributed by atoms with Crippen molar-refractivity contribution in [2.45, 2.75) is 55.4 Å². The van der Waals surface area contributed by atoms with Gasteiger partial charge in [-0.3, -0.25) is 0 Å². The summed E-state index contributed by atoms with van der Waals surface area (Å²) in [4.78, 5) is 16.0. The van der Waals surface area contributed by atoms with Gasteiger partial charge in [-0.2, -0.15) is 55.4 Å². The molecule has 0 saturated heterocycles. The van der Waals surface area contributed by atoms with Crippen LogP contribution in [0, 0.1) is 55.4 Å². The third-order valence-electron chi connectivity index (χ3n) is 4.04. The molecule has 5 heterocycles. The van der Waals surface area contributed by atoms with Gasteiger partial charge in [0, 0.05) is 43.1 Å². The van der Waals surface area contributed by atoms with E-state index >= 15 is 0 Å². The summed E-state index contributed by atoms with van der Waals surface area (Å²) in [5.74, 6) is 0. The zero-order valence-electron chi connectivity index (χ0n) is 27.2. The molecular formula is C36H55ClN4Pt-8. The van der Waals surface area contributed by atoms with Crippen molar-refractivity contribution in [1.29, 1.82) is 0 Å². The van der Waals surface area contributed by atoms with Crippen LogP contribution in [0.2, 0.25) is 0 Å². The summed E-state index contributed by atoms with van der Waals surface area (Å²) in [6, 6.07) is 16.4. The number of nitrogens with zero attached hydrogens (tertiary/aromatic N) is 2. The minimum absolute atomic E-state index is 0. The van der Waals surface area contributed by atoms with E-state index in [4.69, 9.17) is 0 Å². The van der Waals surface area contributed by atoms with Gasteiger partial charge in [0.15, 0.2) is 0 Å². The van der Waals surface area contributed by atoms with Gasteiger partial charge in [-0.1, -0.05) is 0 Å². The number of fused-ring (bicyclic) bond motifs is 8. The summed E-state index contributed by atoms with van der Waals surface area (Å²) >= 11 is 0. The molecule has 5 rings (SSSR count).